The van der Waals surface area contributed by atoms with Gasteiger partial charge in [0.05, 0.1) is 36.2 Å². The molecule has 2 amide bonds. The molecule has 14 heteroatoms. The fourth-order valence-corrected chi connectivity index (χ4v) is 8.77. The monoisotopic (exact) mass is 729 g/mol. The summed E-state index contributed by atoms with van der Waals surface area (Å²) >= 11 is 0. The smallest absolute Gasteiger partial charge is 0.407 e. The minimum Gasteiger partial charge on any atom is -0.454 e. The van der Waals surface area contributed by atoms with Crippen LogP contribution in [0.1, 0.15) is 64.4 Å². The third-order valence-electron chi connectivity index (χ3n) is 10.3. The Balaban J connectivity index is 1.16. The van der Waals surface area contributed by atoms with Crippen molar-refractivity contribution < 1.29 is 46.8 Å². The normalized spacial score (nSPS) is 22.6. The number of nitrogens with one attached hydrogen (secondary N) is 2. The number of hydrogen-bond donors (Lipinski definition) is 3. The van der Waals surface area contributed by atoms with E-state index in [0.29, 0.717) is 31.1 Å². The lowest BCUT2D eigenvalue weighted by atomic mass is 9.84. The topological polar surface area (TPSA) is 162 Å². The number of rotatable bonds is 17. The molecule has 3 fully saturated rings. The average Bonchev–Trinajstić information content (AvgIpc) is 3.82. The summed E-state index contributed by atoms with van der Waals surface area (Å²) < 4.78 is 57.9. The lowest BCUT2D eigenvalue weighted by molar-refractivity contribution is -0.127. The molecule has 1 saturated carbocycles. The van der Waals surface area contributed by atoms with Gasteiger partial charge in [-0.2, -0.15) is 4.31 Å². The summed E-state index contributed by atoms with van der Waals surface area (Å²) in [6.07, 6.45) is 3.30. The van der Waals surface area contributed by atoms with E-state index in [2.05, 4.69) is 10.6 Å². The molecule has 2 aromatic rings. The minimum atomic E-state index is -4.16. The Bertz CT molecular complexity index is 1600. The van der Waals surface area contributed by atoms with Gasteiger partial charge < -0.3 is 39.4 Å². The van der Waals surface area contributed by atoms with Gasteiger partial charge in [-0.05, 0) is 61.6 Å². The van der Waals surface area contributed by atoms with Crippen molar-refractivity contribution in [2.45, 2.75) is 94.6 Å². The van der Waals surface area contributed by atoms with Gasteiger partial charge in [0.2, 0.25) is 22.7 Å². The molecule has 5 atom stereocenters. The molecule has 3 aliphatic heterocycles. The third kappa shape index (κ3) is 9.52. The number of aliphatic hydroxyl groups is 1. The van der Waals surface area contributed by atoms with Crippen LogP contribution in [-0.4, -0.2) is 94.0 Å². The number of alkyl carbamates (subject to hydrolysis) is 1. The highest BCUT2D eigenvalue weighted by molar-refractivity contribution is 7.89. The first-order valence-corrected chi connectivity index (χ1v) is 19.5. The second-order valence-electron chi connectivity index (χ2n) is 14.8. The Morgan fingerprint density at radius 3 is 2.59 bits per heavy atom. The number of benzene rings is 2. The predicted molar refractivity (Wildman–Crippen MR) is 186 cm³/mol. The van der Waals surface area contributed by atoms with E-state index < -0.39 is 46.1 Å². The Morgan fingerprint density at radius 1 is 1.04 bits per heavy atom. The molecule has 0 aromatic heterocycles. The SMILES string of the molecule is CC(C)(CCCCNC(=O)C1CCC1)CN(C[C@@H](O)[C@H](Cc1ccccc1)NC(=O)O[C@H]1CO[C@H]2OCC[C@H]21)S(=O)(=O)c1ccc2c(c1)OCO2. The van der Waals surface area contributed by atoms with E-state index in [1.807, 2.05) is 44.2 Å². The first-order chi connectivity index (χ1) is 24.5. The van der Waals surface area contributed by atoms with Gasteiger partial charge in [-0.15, -0.1) is 0 Å². The quantitative estimate of drug-likeness (QED) is 0.203. The van der Waals surface area contributed by atoms with E-state index in [1.165, 1.54) is 16.4 Å². The average molecular weight is 730 g/mol. The fraction of sp³-hybridized carbons (Fsp3) is 0.622. The molecule has 0 radical (unpaired) electrons. The van der Waals surface area contributed by atoms with Gasteiger partial charge in [0.1, 0.15) is 6.10 Å². The van der Waals surface area contributed by atoms with Crippen LogP contribution in [0.15, 0.2) is 53.4 Å². The largest absolute Gasteiger partial charge is 0.454 e. The Labute approximate surface area is 300 Å². The summed E-state index contributed by atoms with van der Waals surface area (Å²) in [7, 11) is -4.16. The van der Waals surface area contributed by atoms with Gasteiger partial charge >= 0.3 is 6.09 Å². The predicted octanol–water partition coefficient (Wildman–Crippen LogP) is 3.98. The summed E-state index contributed by atoms with van der Waals surface area (Å²) in [5.41, 5.74) is 0.357. The molecule has 2 aromatic carbocycles. The molecule has 1 aliphatic carbocycles. The van der Waals surface area contributed by atoms with E-state index in [1.54, 1.807) is 6.07 Å². The number of amides is 2. The molecule has 51 heavy (non-hydrogen) atoms. The molecule has 0 unspecified atom stereocenters. The number of nitrogens with zero attached hydrogens (tertiary/aromatic N) is 1. The molecular weight excluding hydrogens is 678 g/mol. The van der Waals surface area contributed by atoms with E-state index >= 15 is 0 Å². The van der Waals surface area contributed by atoms with Crippen LogP contribution in [0.5, 0.6) is 11.5 Å². The number of carbonyl (C=O) groups excluding carboxylic acids is 2. The highest BCUT2D eigenvalue weighted by Crippen LogP contribution is 2.36. The fourth-order valence-electron chi connectivity index (χ4n) is 7.10. The van der Waals surface area contributed by atoms with Crippen molar-refractivity contribution >= 4 is 22.0 Å². The third-order valence-corrected chi connectivity index (χ3v) is 12.1. The molecule has 3 heterocycles. The van der Waals surface area contributed by atoms with Crippen molar-refractivity contribution in [3.8, 4) is 11.5 Å². The van der Waals surface area contributed by atoms with Crippen LogP contribution in [-0.2, 0) is 35.4 Å². The van der Waals surface area contributed by atoms with Gasteiger partial charge in [0, 0.05) is 31.6 Å². The summed E-state index contributed by atoms with van der Waals surface area (Å²) in [4.78, 5) is 25.5. The van der Waals surface area contributed by atoms with Crippen molar-refractivity contribution in [2.75, 3.05) is 39.6 Å². The van der Waals surface area contributed by atoms with Crippen molar-refractivity contribution in [1.29, 1.82) is 0 Å². The maximum absolute atomic E-state index is 14.4. The Morgan fingerprint density at radius 2 is 1.82 bits per heavy atom. The van der Waals surface area contributed by atoms with Crippen molar-refractivity contribution in [3.05, 3.63) is 54.1 Å². The number of sulfonamides is 1. The van der Waals surface area contributed by atoms with E-state index in [9.17, 15) is 23.1 Å². The number of aliphatic hydroxyl groups excluding tert-OH is 1. The molecular formula is C37H51N3O10S. The molecule has 0 spiro atoms. The summed E-state index contributed by atoms with van der Waals surface area (Å²) in [5.74, 6) is 0.982. The summed E-state index contributed by atoms with van der Waals surface area (Å²) in [5, 5.41) is 17.7. The highest BCUT2D eigenvalue weighted by Gasteiger charge is 2.44. The zero-order valence-corrected chi connectivity index (χ0v) is 30.3. The highest BCUT2D eigenvalue weighted by atomic mass is 32.2. The first kappa shape index (κ1) is 37.3. The van der Waals surface area contributed by atoms with E-state index in [0.717, 1.165) is 44.1 Å². The van der Waals surface area contributed by atoms with Gasteiger partial charge in [-0.1, -0.05) is 57.0 Å². The molecule has 0 bridgehead atoms. The zero-order chi connectivity index (χ0) is 36.0. The zero-order valence-electron chi connectivity index (χ0n) is 29.5. The second kappa shape index (κ2) is 16.5. The van der Waals surface area contributed by atoms with Crippen molar-refractivity contribution in [3.63, 3.8) is 0 Å². The maximum atomic E-state index is 14.4. The number of unbranched alkanes of at least 4 members (excludes halogenated alkanes) is 1. The van der Waals surface area contributed by atoms with Crippen LogP contribution in [0.2, 0.25) is 0 Å². The van der Waals surface area contributed by atoms with Crippen LogP contribution >= 0.6 is 0 Å². The lowest BCUT2D eigenvalue weighted by Gasteiger charge is -2.35. The van der Waals surface area contributed by atoms with Crippen LogP contribution in [0.25, 0.3) is 0 Å². The molecule has 2 saturated heterocycles. The molecule has 4 aliphatic rings. The van der Waals surface area contributed by atoms with Gasteiger partial charge in [0.15, 0.2) is 17.8 Å². The maximum Gasteiger partial charge on any atom is 0.407 e. The standard InChI is InChI=1S/C37H51N3O10S/c1-37(2,16-6-7-17-38-34(42)26-11-8-12-26)23-40(51(44,45)27-13-14-31-32(20-27)49-24-48-31)21-30(41)29(19-25-9-4-3-5-10-25)39-36(43)50-33-22-47-35-28(33)15-18-46-35/h3-5,9-10,13-14,20,26,28-30,33,35,41H,6-8,11-12,15-19,21-24H2,1-2H3,(H,38,42)(H,39,43)/t28-,29-,30+,33-,35+/m0/s1. The summed E-state index contributed by atoms with van der Waals surface area (Å²) in [6.45, 7) is 5.13. The molecule has 6 rings (SSSR count). The Hall–Kier alpha value is -3.43. The van der Waals surface area contributed by atoms with E-state index in [-0.39, 0.29) is 55.5 Å². The van der Waals surface area contributed by atoms with E-state index in [4.69, 9.17) is 23.7 Å². The second-order valence-corrected chi connectivity index (χ2v) is 16.8. The number of ether oxygens (including phenoxy) is 5. The first-order valence-electron chi connectivity index (χ1n) is 18.1. The van der Waals surface area contributed by atoms with Crippen LogP contribution in [0, 0.1) is 17.3 Å². The summed E-state index contributed by atoms with van der Waals surface area (Å²) in [6, 6.07) is 13.0. The lowest BCUT2D eigenvalue weighted by Crippen LogP contribution is -2.52. The van der Waals surface area contributed by atoms with Gasteiger partial charge in [-0.25, -0.2) is 13.2 Å². The van der Waals surface area contributed by atoms with Crippen LogP contribution in [0.3, 0.4) is 0 Å². The Kier molecular flexibility index (Phi) is 12.1. The molecule has 3 N–H and O–H groups in total. The molecule has 280 valence electrons. The van der Waals surface area contributed by atoms with Gasteiger partial charge in [-0.3, -0.25) is 4.79 Å². The van der Waals surface area contributed by atoms with Crippen molar-refractivity contribution in [1.82, 2.24) is 14.9 Å². The molecule has 13 nitrogen and oxygen atoms in total. The van der Waals surface area contributed by atoms with Gasteiger partial charge in [0.25, 0.3) is 0 Å². The van der Waals surface area contributed by atoms with Crippen molar-refractivity contribution in [2.24, 2.45) is 17.3 Å². The van der Waals surface area contributed by atoms with Crippen LogP contribution < -0.4 is 20.1 Å². The van der Waals surface area contributed by atoms with Crippen LogP contribution in [0.4, 0.5) is 4.79 Å². The number of carbonyl (C=O) groups is 2. The minimum absolute atomic E-state index is 0.000249. The number of hydrogen-bond acceptors (Lipinski definition) is 10. The number of fused-ring (bicyclic) bond motifs is 2.